The lowest BCUT2D eigenvalue weighted by molar-refractivity contribution is 0.317. The SMILES string of the molecule is CN1CCC[C@H]1c1ccc(Sc2ccccc2)nc1. The Hall–Kier alpha value is -1.32. The first-order valence-electron chi connectivity index (χ1n) is 6.72. The molecule has 1 aromatic carbocycles. The van der Waals surface area contributed by atoms with Crippen LogP contribution in [-0.4, -0.2) is 23.5 Å². The van der Waals surface area contributed by atoms with Crippen LogP contribution in [0.5, 0.6) is 0 Å². The van der Waals surface area contributed by atoms with Crippen molar-refractivity contribution in [3.8, 4) is 0 Å². The predicted octanol–water partition coefficient (Wildman–Crippen LogP) is 4.00. The zero-order valence-corrected chi connectivity index (χ0v) is 11.9. The normalized spacial score (nSPS) is 19.7. The lowest BCUT2D eigenvalue weighted by atomic mass is 10.1. The van der Waals surface area contributed by atoms with Crippen molar-refractivity contribution in [1.29, 1.82) is 0 Å². The Balaban J connectivity index is 1.72. The second-order valence-electron chi connectivity index (χ2n) is 4.98. The molecule has 1 aromatic heterocycles. The molecule has 0 radical (unpaired) electrons. The monoisotopic (exact) mass is 270 g/mol. The van der Waals surface area contributed by atoms with Gasteiger partial charge < -0.3 is 0 Å². The number of nitrogens with zero attached hydrogens (tertiary/aromatic N) is 2. The van der Waals surface area contributed by atoms with E-state index in [-0.39, 0.29) is 0 Å². The maximum Gasteiger partial charge on any atom is 0.101 e. The smallest absolute Gasteiger partial charge is 0.101 e. The van der Waals surface area contributed by atoms with Crippen LogP contribution >= 0.6 is 11.8 Å². The Morgan fingerprint density at radius 1 is 1.16 bits per heavy atom. The maximum atomic E-state index is 4.59. The van der Waals surface area contributed by atoms with Crippen LogP contribution in [0.4, 0.5) is 0 Å². The molecule has 98 valence electrons. The molecule has 0 N–H and O–H groups in total. The summed E-state index contributed by atoms with van der Waals surface area (Å²) in [6.07, 6.45) is 4.59. The Morgan fingerprint density at radius 3 is 2.63 bits per heavy atom. The van der Waals surface area contributed by atoms with Crippen molar-refractivity contribution in [3.05, 3.63) is 54.2 Å². The lowest BCUT2D eigenvalue weighted by Crippen LogP contribution is -2.17. The molecule has 1 saturated heterocycles. The van der Waals surface area contributed by atoms with Crippen LogP contribution in [0.1, 0.15) is 24.4 Å². The minimum atomic E-state index is 0.559. The van der Waals surface area contributed by atoms with Crippen molar-refractivity contribution < 1.29 is 0 Å². The molecule has 3 heteroatoms. The number of rotatable bonds is 3. The highest BCUT2D eigenvalue weighted by Crippen LogP contribution is 2.31. The van der Waals surface area contributed by atoms with Crippen LogP contribution in [0.2, 0.25) is 0 Å². The van der Waals surface area contributed by atoms with E-state index < -0.39 is 0 Å². The van der Waals surface area contributed by atoms with Gasteiger partial charge >= 0.3 is 0 Å². The van der Waals surface area contributed by atoms with Gasteiger partial charge in [0.2, 0.25) is 0 Å². The molecule has 0 unspecified atom stereocenters. The van der Waals surface area contributed by atoms with Crippen molar-refractivity contribution >= 4 is 11.8 Å². The summed E-state index contributed by atoms with van der Waals surface area (Å²) >= 11 is 1.71. The molecule has 0 aliphatic carbocycles. The Labute approximate surface area is 118 Å². The quantitative estimate of drug-likeness (QED) is 0.838. The van der Waals surface area contributed by atoms with Crippen LogP contribution in [0.3, 0.4) is 0 Å². The molecule has 1 atom stereocenters. The minimum Gasteiger partial charge on any atom is -0.299 e. The van der Waals surface area contributed by atoms with Crippen molar-refractivity contribution in [3.63, 3.8) is 0 Å². The Kier molecular flexibility index (Phi) is 3.85. The summed E-state index contributed by atoms with van der Waals surface area (Å²) in [5.41, 5.74) is 1.34. The molecule has 2 nitrogen and oxygen atoms in total. The number of hydrogen-bond acceptors (Lipinski definition) is 3. The van der Waals surface area contributed by atoms with Gasteiger partial charge in [0, 0.05) is 17.1 Å². The first kappa shape index (κ1) is 12.7. The molecule has 2 heterocycles. The minimum absolute atomic E-state index is 0.559. The van der Waals surface area contributed by atoms with Crippen LogP contribution in [0.15, 0.2) is 58.6 Å². The summed E-state index contributed by atoms with van der Waals surface area (Å²) in [4.78, 5) is 8.24. The molecule has 1 aliphatic heterocycles. The second-order valence-corrected chi connectivity index (χ2v) is 6.08. The van der Waals surface area contributed by atoms with Gasteiger partial charge in [-0.25, -0.2) is 4.98 Å². The third-order valence-electron chi connectivity index (χ3n) is 3.63. The predicted molar refractivity (Wildman–Crippen MR) is 79.4 cm³/mol. The third kappa shape index (κ3) is 2.99. The summed E-state index contributed by atoms with van der Waals surface area (Å²) in [7, 11) is 2.20. The second kappa shape index (κ2) is 5.76. The molecular formula is C16H18N2S. The van der Waals surface area contributed by atoms with E-state index in [0.717, 1.165) is 5.03 Å². The topological polar surface area (TPSA) is 16.1 Å². The molecule has 0 bridgehead atoms. The molecule has 0 saturated carbocycles. The Bertz CT molecular complexity index is 524. The van der Waals surface area contributed by atoms with Gasteiger partial charge in [0.25, 0.3) is 0 Å². The van der Waals surface area contributed by atoms with Crippen molar-refractivity contribution in [2.45, 2.75) is 28.8 Å². The molecule has 1 fully saturated rings. The van der Waals surface area contributed by atoms with Gasteiger partial charge in [-0.3, -0.25) is 4.90 Å². The molecule has 3 rings (SSSR count). The van der Waals surface area contributed by atoms with Crippen LogP contribution < -0.4 is 0 Å². The number of hydrogen-bond donors (Lipinski definition) is 0. The average molecular weight is 270 g/mol. The number of benzene rings is 1. The van der Waals surface area contributed by atoms with Gasteiger partial charge in [0.1, 0.15) is 5.03 Å². The summed E-state index contributed by atoms with van der Waals surface area (Å²) in [5, 5.41) is 1.07. The van der Waals surface area contributed by atoms with E-state index in [1.54, 1.807) is 11.8 Å². The molecule has 0 amide bonds. The summed E-state index contributed by atoms with van der Waals surface area (Å²) in [6, 6.07) is 15.3. The summed E-state index contributed by atoms with van der Waals surface area (Å²) in [5.74, 6) is 0. The first-order valence-corrected chi connectivity index (χ1v) is 7.54. The third-order valence-corrected chi connectivity index (χ3v) is 4.59. The highest BCUT2D eigenvalue weighted by atomic mass is 32.2. The highest BCUT2D eigenvalue weighted by Gasteiger charge is 2.22. The van der Waals surface area contributed by atoms with Crippen LogP contribution in [-0.2, 0) is 0 Å². The largest absolute Gasteiger partial charge is 0.299 e. The van der Waals surface area contributed by atoms with Crippen LogP contribution in [0.25, 0.3) is 0 Å². The van der Waals surface area contributed by atoms with E-state index in [1.807, 2.05) is 12.3 Å². The zero-order valence-electron chi connectivity index (χ0n) is 11.1. The van der Waals surface area contributed by atoms with Gasteiger partial charge in [-0.15, -0.1) is 0 Å². The summed E-state index contributed by atoms with van der Waals surface area (Å²) in [6.45, 7) is 1.20. The molecular weight excluding hydrogens is 252 g/mol. The fourth-order valence-corrected chi connectivity index (χ4v) is 3.37. The zero-order chi connectivity index (χ0) is 13.1. The number of pyridine rings is 1. The van der Waals surface area contributed by atoms with Crippen LogP contribution in [0, 0.1) is 0 Å². The van der Waals surface area contributed by atoms with Gasteiger partial charge in [0.15, 0.2) is 0 Å². The van der Waals surface area contributed by atoms with Crippen molar-refractivity contribution in [2.75, 3.05) is 13.6 Å². The van der Waals surface area contributed by atoms with E-state index in [0.29, 0.717) is 6.04 Å². The fraction of sp³-hybridized carbons (Fsp3) is 0.312. The molecule has 1 aliphatic rings. The number of aromatic nitrogens is 1. The van der Waals surface area contributed by atoms with E-state index >= 15 is 0 Å². The van der Waals surface area contributed by atoms with Gasteiger partial charge in [-0.2, -0.15) is 0 Å². The lowest BCUT2D eigenvalue weighted by Gasteiger charge is -2.19. The Morgan fingerprint density at radius 2 is 2.00 bits per heavy atom. The maximum absolute atomic E-state index is 4.59. The van der Waals surface area contributed by atoms with Gasteiger partial charge in [-0.1, -0.05) is 36.0 Å². The van der Waals surface area contributed by atoms with E-state index in [1.165, 1.54) is 29.8 Å². The van der Waals surface area contributed by atoms with E-state index in [4.69, 9.17) is 0 Å². The van der Waals surface area contributed by atoms with E-state index in [2.05, 4.69) is 53.3 Å². The fourth-order valence-electron chi connectivity index (χ4n) is 2.59. The van der Waals surface area contributed by atoms with Crippen molar-refractivity contribution in [1.82, 2.24) is 9.88 Å². The van der Waals surface area contributed by atoms with E-state index in [9.17, 15) is 0 Å². The van der Waals surface area contributed by atoms with Gasteiger partial charge in [-0.05, 0) is 50.2 Å². The number of likely N-dealkylation sites (tertiary alicyclic amines) is 1. The van der Waals surface area contributed by atoms with Crippen molar-refractivity contribution in [2.24, 2.45) is 0 Å². The summed E-state index contributed by atoms with van der Waals surface area (Å²) < 4.78 is 0. The standard InChI is InChI=1S/C16H18N2S/c1-18-11-5-8-15(18)13-9-10-16(17-12-13)19-14-6-3-2-4-7-14/h2-4,6-7,9-10,12,15H,5,8,11H2,1H3/t15-/m0/s1. The first-order chi connectivity index (χ1) is 9.33. The molecule has 0 spiro atoms. The molecule has 2 aromatic rings. The highest BCUT2D eigenvalue weighted by molar-refractivity contribution is 7.99. The molecule has 19 heavy (non-hydrogen) atoms. The average Bonchev–Trinajstić information content (AvgIpc) is 2.87. The van der Waals surface area contributed by atoms with Gasteiger partial charge in [0.05, 0.1) is 0 Å².